The molecule has 1 aliphatic heterocycles. The number of rotatable bonds is 0. The summed E-state index contributed by atoms with van der Waals surface area (Å²) in [5, 5.41) is 0. The van der Waals surface area contributed by atoms with Gasteiger partial charge < -0.3 is 15.4 Å². The van der Waals surface area contributed by atoms with E-state index in [1.165, 1.54) is 24.2 Å². The molecular weight excluding hydrogens is 318 g/mol. The molecule has 0 aromatic heterocycles. The van der Waals surface area contributed by atoms with Gasteiger partial charge in [-0.25, -0.2) is 0 Å². The van der Waals surface area contributed by atoms with E-state index in [-0.39, 0.29) is 30.0 Å². The summed E-state index contributed by atoms with van der Waals surface area (Å²) >= 11 is 0. The summed E-state index contributed by atoms with van der Waals surface area (Å²) in [5.41, 5.74) is 5.57. The number of aliphatic imine (C=N–C) groups is 1. The van der Waals surface area contributed by atoms with Gasteiger partial charge in [0.05, 0.1) is 0 Å². The lowest BCUT2D eigenvalue weighted by Gasteiger charge is -2.30. The van der Waals surface area contributed by atoms with E-state index >= 15 is 0 Å². The van der Waals surface area contributed by atoms with Crippen molar-refractivity contribution in [1.29, 1.82) is 0 Å². The third kappa shape index (κ3) is 6.67. The molecule has 0 aromatic rings. The van der Waals surface area contributed by atoms with Gasteiger partial charge in [0.15, 0.2) is 5.96 Å². The Morgan fingerprint density at radius 3 is 2.08 bits per heavy atom. The number of carbonyl (C=O) groups excluding carboxylic acids is 2. The minimum Gasteiger partial charge on any atom is -0.458 e. The van der Waals surface area contributed by atoms with Crippen LogP contribution < -0.4 is 5.73 Å². The quantitative estimate of drug-likeness (QED) is 0.678. The van der Waals surface area contributed by atoms with E-state index in [4.69, 9.17) is 10.5 Å². The van der Waals surface area contributed by atoms with Crippen LogP contribution in [0.15, 0.2) is 4.99 Å². The summed E-state index contributed by atoms with van der Waals surface area (Å²) in [6, 6.07) is 0. The van der Waals surface area contributed by atoms with Gasteiger partial charge in [0, 0.05) is 13.5 Å². The minimum atomic E-state index is -0.284. The highest BCUT2D eigenvalue weighted by Gasteiger charge is 2.37. The third-order valence-corrected chi connectivity index (χ3v) is 5.36. The second kappa shape index (κ2) is 9.78. The molecule has 1 heterocycles. The van der Waals surface area contributed by atoms with Gasteiger partial charge in [0.2, 0.25) is 5.91 Å². The highest BCUT2D eigenvalue weighted by atomic mass is 16.6. The lowest BCUT2D eigenvalue weighted by molar-refractivity contribution is -0.160. The summed E-state index contributed by atoms with van der Waals surface area (Å²) < 4.78 is 5.89. The molecule has 2 N–H and O–H groups in total. The van der Waals surface area contributed by atoms with E-state index in [1.807, 2.05) is 0 Å². The topological polar surface area (TPSA) is 85.0 Å². The molecular formula is C19H33N3O3. The van der Waals surface area contributed by atoms with Crippen LogP contribution >= 0.6 is 0 Å². The Morgan fingerprint density at radius 2 is 1.44 bits per heavy atom. The Labute approximate surface area is 151 Å². The molecule has 1 amide bonds. The SMILES string of the molecule is CN1CC(=O)OC2(CCCCCCCCCC(=O)N=C1N)CCCC2. The zero-order valence-corrected chi connectivity index (χ0v) is 15.6. The van der Waals surface area contributed by atoms with Crippen molar-refractivity contribution in [2.45, 2.75) is 89.1 Å². The lowest BCUT2D eigenvalue weighted by atomic mass is 9.93. The molecule has 1 saturated carbocycles. The summed E-state index contributed by atoms with van der Waals surface area (Å²) in [6.45, 7) is 0.0321. The van der Waals surface area contributed by atoms with Gasteiger partial charge in [-0.3, -0.25) is 9.59 Å². The second-order valence-electron chi connectivity index (χ2n) is 7.56. The second-order valence-corrected chi connectivity index (χ2v) is 7.56. The molecule has 1 fully saturated rings. The Kier molecular flexibility index (Phi) is 7.72. The van der Waals surface area contributed by atoms with Crippen molar-refractivity contribution in [2.75, 3.05) is 13.6 Å². The first-order valence-electron chi connectivity index (χ1n) is 9.81. The van der Waals surface area contributed by atoms with Gasteiger partial charge in [0.25, 0.3) is 0 Å². The van der Waals surface area contributed by atoms with Crippen LogP contribution in [0.5, 0.6) is 0 Å². The van der Waals surface area contributed by atoms with E-state index < -0.39 is 0 Å². The predicted octanol–water partition coefficient (Wildman–Crippen LogP) is 3.14. The van der Waals surface area contributed by atoms with E-state index in [2.05, 4.69) is 4.99 Å². The van der Waals surface area contributed by atoms with Crippen molar-refractivity contribution >= 4 is 17.8 Å². The molecule has 2 aliphatic rings. The number of amides is 1. The summed E-state index contributed by atoms with van der Waals surface area (Å²) in [7, 11) is 1.67. The van der Waals surface area contributed by atoms with Gasteiger partial charge in [-0.15, -0.1) is 0 Å². The summed E-state index contributed by atoms with van der Waals surface area (Å²) in [4.78, 5) is 29.6. The average Bonchev–Trinajstić information content (AvgIpc) is 3.00. The number of ether oxygens (including phenoxy) is 1. The molecule has 0 atom stereocenters. The van der Waals surface area contributed by atoms with Crippen molar-refractivity contribution < 1.29 is 14.3 Å². The van der Waals surface area contributed by atoms with Gasteiger partial charge in [-0.1, -0.05) is 32.1 Å². The van der Waals surface area contributed by atoms with Crippen molar-refractivity contribution in [2.24, 2.45) is 10.7 Å². The van der Waals surface area contributed by atoms with Crippen molar-refractivity contribution in [3.05, 3.63) is 0 Å². The smallest absolute Gasteiger partial charge is 0.326 e. The predicted molar refractivity (Wildman–Crippen MR) is 98.1 cm³/mol. The Bertz CT molecular complexity index is 484. The number of esters is 1. The fourth-order valence-electron chi connectivity index (χ4n) is 3.85. The standard InChI is InChI=1S/C19H33N3O3/c1-22-15-17(24)25-19(13-9-10-14-19)12-8-6-4-2-3-5-7-11-16(23)21-18(22)20/h2-15H2,1H3,(H2,20,21,23). The molecule has 142 valence electrons. The van der Waals surface area contributed by atoms with Crippen LogP contribution in [-0.2, 0) is 14.3 Å². The Morgan fingerprint density at radius 1 is 0.920 bits per heavy atom. The Balaban J connectivity index is 2.01. The van der Waals surface area contributed by atoms with Crippen LogP contribution in [0, 0.1) is 0 Å². The molecule has 25 heavy (non-hydrogen) atoms. The average molecular weight is 351 g/mol. The van der Waals surface area contributed by atoms with Crippen molar-refractivity contribution in [1.82, 2.24) is 4.90 Å². The molecule has 0 unspecified atom stereocenters. The van der Waals surface area contributed by atoms with Gasteiger partial charge >= 0.3 is 5.97 Å². The van der Waals surface area contributed by atoms with Crippen LogP contribution in [0.25, 0.3) is 0 Å². The maximum absolute atomic E-state index is 12.4. The maximum atomic E-state index is 12.4. The number of hydrogen-bond acceptors (Lipinski definition) is 5. The first kappa shape index (κ1) is 19.7. The van der Waals surface area contributed by atoms with E-state index in [0.29, 0.717) is 6.42 Å². The van der Waals surface area contributed by atoms with Crippen LogP contribution in [0.4, 0.5) is 0 Å². The largest absolute Gasteiger partial charge is 0.458 e. The molecule has 0 bridgehead atoms. The molecule has 0 aromatic carbocycles. The third-order valence-electron chi connectivity index (χ3n) is 5.36. The number of likely N-dealkylation sites (N-methyl/N-ethyl adjacent to an activating group) is 1. The van der Waals surface area contributed by atoms with E-state index in [0.717, 1.165) is 57.8 Å². The van der Waals surface area contributed by atoms with Crippen LogP contribution in [0.1, 0.15) is 83.5 Å². The number of nitrogens with two attached hydrogens (primary N) is 1. The minimum absolute atomic E-state index is 0.0321. The number of hydrogen-bond donors (Lipinski definition) is 1. The number of nitrogens with zero attached hydrogens (tertiary/aromatic N) is 2. The first-order valence-corrected chi connectivity index (χ1v) is 9.81. The molecule has 1 spiro atoms. The zero-order valence-electron chi connectivity index (χ0n) is 15.6. The van der Waals surface area contributed by atoms with Gasteiger partial charge in [0.1, 0.15) is 12.1 Å². The van der Waals surface area contributed by atoms with Crippen LogP contribution in [0.3, 0.4) is 0 Å². The molecule has 0 radical (unpaired) electrons. The van der Waals surface area contributed by atoms with E-state index in [1.54, 1.807) is 7.05 Å². The molecule has 6 heteroatoms. The highest BCUT2D eigenvalue weighted by Crippen LogP contribution is 2.37. The fourth-order valence-corrected chi connectivity index (χ4v) is 3.85. The monoisotopic (exact) mass is 351 g/mol. The highest BCUT2D eigenvalue weighted by molar-refractivity contribution is 5.93. The maximum Gasteiger partial charge on any atom is 0.326 e. The molecule has 0 saturated heterocycles. The summed E-state index contributed by atoms with van der Waals surface area (Å²) in [6.07, 6.45) is 13.4. The van der Waals surface area contributed by atoms with Gasteiger partial charge in [-0.2, -0.15) is 4.99 Å². The lowest BCUT2D eigenvalue weighted by Crippen LogP contribution is -2.42. The zero-order chi connectivity index (χ0) is 18.1. The van der Waals surface area contributed by atoms with Crippen LogP contribution in [0.2, 0.25) is 0 Å². The van der Waals surface area contributed by atoms with E-state index in [9.17, 15) is 9.59 Å². The number of carbonyl (C=O) groups is 2. The molecule has 6 nitrogen and oxygen atoms in total. The number of guanidine groups is 1. The fraction of sp³-hybridized carbons (Fsp3) is 0.842. The molecule has 1 aliphatic carbocycles. The normalized spacial score (nSPS) is 24.7. The first-order chi connectivity index (χ1) is 12.0. The van der Waals surface area contributed by atoms with Crippen LogP contribution in [-0.4, -0.2) is 41.9 Å². The molecule has 2 rings (SSSR count). The summed E-state index contributed by atoms with van der Waals surface area (Å²) in [5.74, 6) is -0.402. The van der Waals surface area contributed by atoms with Crippen molar-refractivity contribution in [3.8, 4) is 0 Å². The van der Waals surface area contributed by atoms with Gasteiger partial charge in [-0.05, 0) is 44.9 Å². The Hall–Kier alpha value is -1.59. The van der Waals surface area contributed by atoms with Crippen molar-refractivity contribution in [3.63, 3.8) is 0 Å².